The molecule has 0 aromatic heterocycles. The van der Waals surface area contributed by atoms with E-state index in [9.17, 15) is 4.79 Å². The van der Waals surface area contributed by atoms with Crippen LogP contribution in [0.5, 0.6) is 0 Å². The van der Waals surface area contributed by atoms with E-state index in [0.29, 0.717) is 24.6 Å². The number of nitrogens with zero attached hydrogens (tertiary/aromatic N) is 1. The Kier molecular flexibility index (Phi) is 10.9. The molecule has 0 fully saturated rings. The van der Waals surface area contributed by atoms with Crippen molar-refractivity contribution < 1.29 is 4.79 Å². The summed E-state index contributed by atoms with van der Waals surface area (Å²) in [5.74, 6) is 0.649. The van der Waals surface area contributed by atoms with E-state index in [2.05, 4.69) is 20.9 Å². The molecule has 2 aromatic rings. The van der Waals surface area contributed by atoms with Gasteiger partial charge in [0.1, 0.15) is 0 Å². The van der Waals surface area contributed by atoms with Gasteiger partial charge in [0.05, 0.1) is 0 Å². The number of halogens is 2. The van der Waals surface area contributed by atoms with Crippen LogP contribution in [0.4, 0.5) is 0 Å². The van der Waals surface area contributed by atoms with E-state index in [1.807, 2.05) is 62.4 Å². The van der Waals surface area contributed by atoms with Crippen LogP contribution in [0, 0.1) is 0 Å². The molecular formula is C21H28ClIN4O. The molecule has 152 valence electrons. The van der Waals surface area contributed by atoms with Crippen molar-refractivity contribution in [1.29, 1.82) is 0 Å². The molecular weight excluding hydrogens is 487 g/mol. The van der Waals surface area contributed by atoms with Crippen molar-refractivity contribution in [2.24, 2.45) is 4.99 Å². The van der Waals surface area contributed by atoms with Crippen LogP contribution in [0.1, 0.15) is 41.8 Å². The van der Waals surface area contributed by atoms with Crippen LogP contribution in [0.2, 0.25) is 5.02 Å². The van der Waals surface area contributed by atoms with Gasteiger partial charge in [0.15, 0.2) is 5.96 Å². The van der Waals surface area contributed by atoms with Gasteiger partial charge in [-0.2, -0.15) is 0 Å². The van der Waals surface area contributed by atoms with E-state index in [0.717, 1.165) is 22.6 Å². The lowest BCUT2D eigenvalue weighted by Crippen LogP contribution is -2.36. The third kappa shape index (κ3) is 8.06. The van der Waals surface area contributed by atoms with E-state index < -0.39 is 0 Å². The number of nitrogens with one attached hydrogen (secondary N) is 3. The lowest BCUT2D eigenvalue weighted by Gasteiger charge is -2.14. The van der Waals surface area contributed by atoms with E-state index in [1.54, 1.807) is 7.05 Å². The van der Waals surface area contributed by atoms with Crippen molar-refractivity contribution in [3.8, 4) is 0 Å². The number of hydrogen-bond acceptors (Lipinski definition) is 2. The summed E-state index contributed by atoms with van der Waals surface area (Å²) in [7, 11) is 1.73. The van der Waals surface area contributed by atoms with Crippen LogP contribution in [0.25, 0.3) is 0 Å². The predicted molar refractivity (Wildman–Crippen MR) is 128 cm³/mol. The molecule has 1 amide bonds. The number of carbonyl (C=O) groups excluding carboxylic acids is 1. The smallest absolute Gasteiger partial charge is 0.251 e. The lowest BCUT2D eigenvalue weighted by molar-refractivity contribution is 0.0939. The van der Waals surface area contributed by atoms with Crippen LogP contribution < -0.4 is 16.0 Å². The summed E-state index contributed by atoms with van der Waals surface area (Å²) in [6, 6.07) is 15.5. The van der Waals surface area contributed by atoms with Gasteiger partial charge in [-0.05, 0) is 48.7 Å². The van der Waals surface area contributed by atoms with Crippen molar-refractivity contribution >= 4 is 47.4 Å². The van der Waals surface area contributed by atoms with Gasteiger partial charge in [-0.1, -0.05) is 42.8 Å². The third-order valence-electron chi connectivity index (χ3n) is 4.24. The van der Waals surface area contributed by atoms with Gasteiger partial charge in [-0.3, -0.25) is 9.79 Å². The van der Waals surface area contributed by atoms with Crippen LogP contribution in [0.3, 0.4) is 0 Å². The van der Waals surface area contributed by atoms with E-state index >= 15 is 0 Å². The van der Waals surface area contributed by atoms with Gasteiger partial charge in [0.25, 0.3) is 5.91 Å². The Bertz CT molecular complexity index is 780. The largest absolute Gasteiger partial charge is 0.352 e. The van der Waals surface area contributed by atoms with Crippen molar-refractivity contribution in [2.45, 2.75) is 39.4 Å². The summed E-state index contributed by atoms with van der Waals surface area (Å²) in [5, 5.41) is 10.2. The molecule has 0 heterocycles. The second-order valence-electron chi connectivity index (χ2n) is 6.39. The Morgan fingerprint density at radius 2 is 1.71 bits per heavy atom. The van der Waals surface area contributed by atoms with Crippen molar-refractivity contribution in [2.75, 3.05) is 7.05 Å². The number of guanidine groups is 1. The van der Waals surface area contributed by atoms with E-state index in [4.69, 9.17) is 11.6 Å². The molecule has 0 aliphatic carbocycles. The van der Waals surface area contributed by atoms with Gasteiger partial charge in [-0.25, -0.2) is 0 Å². The second-order valence-corrected chi connectivity index (χ2v) is 6.83. The SMILES string of the molecule is CCC(C)NC(=O)c1cccc(CNC(=NC)NCc2ccc(Cl)cc2)c1.I. The van der Waals surface area contributed by atoms with E-state index in [1.165, 1.54) is 0 Å². The molecule has 0 radical (unpaired) electrons. The van der Waals surface area contributed by atoms with Crippen LogP contribution in [-0.4, -0.2) is 25.0 Å². The highest BCUT2D eigenvalue weighted by Crippen LogP contribution is 2.09. The summed E-state index contributed by atoms with van der Waals surface area (Å²) in [6.45, 7) is 5.27. The van der Waals surface area contributed by atoms with Gasteiger partial charge in [0.2, 0.25) is 0 Å². The molecule has 1 unspecified atom stereocenters. The number of carbonyl (C=O) groups is 1. The number of aliphatic imine (C=N–C) groups is 1. The molecule has 0 aliphatic heterocycles. The zero-order chi connectivity index (χ0) is 19.6. The van der Waals surface area contributed by atoms with Gasteiger partial charge in [-0.15, -0.1) is 24.0 Å². The summed E-state index contributed by atoms with van der Waals surface area (Å²) >= 11 is 5.91. The molecule has 0 bridgehead atoms. The van der Waals surface area contributed by atoms with Crippen LogP contribution >= 0.6 is 35.6 Å². The zero-order valence-electron chi connectivity index (χ0n) is 16.5. The average molecular weight is 515 g/mol. The first-order chi connectivity index (χ1) is 13.0. The molecule has 5 nitrogen and oxygen atoms in total. The molecule has 7 heteroatoms. The minimum Gasteiger partial charge on any atom is -0.352 e. The first kappa shape index (κ1) is 24.2. The third-order valence-corrected chi connectivity index (χ3v) is 4.49. The summed E-state index contributed by atoms with van der Waals surface area (Å²) in [6.07, 6.45) is 0.905. The van der Waals surface area contributed by atoms with Crippen LogP contribution in [-0.2, 0) is 13.1 Å². The van der Waals surface area contributed by atoms with Crippen molar-refractivity contribution in [1.82, 2.24) is 16.0 Å². The van der Waals surface area contributed by atoms with Gasteiger partial charge in [0, 0.05) is 36.8 Å². The monoisotopic (exact) mass is 514 g/mol. The molecule has 0 saturated carbocycles. The Morgan fingerprint density at radius 1 is 1.07 bits per heavy atom. The standard InChI is InChI=1S/C21H27ClN4O.HI/c1-4-15(2)26-20(27)18-7-5-6-17(12-18)14-25-21(23-3)24-13-16-8-10-19(22)11-9-16;/h5-12,15H,4,13-14H2,1-3H3,(H,26,27)(H2,23,24,25);1H. The highest BCUT2D eigenvalue weighted by molar-refractivity contribution is 14.0. The number of hydrogen-bond donors (Lipinski definition) is 3. The molecule has 2 rings (SSSR count). The molecule has 3 N–H and O–H groups in total. The first-order valence-electron chi connectivity index (χ1n) is 9.10. The fourth-order valence-electron chi connectivity index (χ4n) is 2.43. The number of rotatable bonds is 7. The molecule has 1 atom stereocenters. The molecule has 0 spiro atoms. The quantitative estimate of drug-likeness (QED) is 0.292. The fraction of sp³-hybridized carbons (Fsp3) is 0.333. The van der Waals surface area contributed by atoms with Crippen LogP contribution in [0.15, 0.2) is 53.5 Å². The average Bonchev–Trinajstić information content (AvgIpc) is 2.69. The van der Waals surface area contributed by atoms with Gasteiger partial charge < -0.3 is 16.0 Å². The Morgan fingerprint density at radius 3 is 2.32 bits per heavy atom. The number of amides is 1. The summed E-state index contributed by atoms with van der Waals surface area (Å²) in [5.41, 5.74) is 2.80. The van der Waals surface area contributed by atoms with Gasteiger partial charge >= 0.3 is 0 Å². The zero-order valence-corrected chi connectivity index (χ0v) is 19.5. The maximum absolute atomic E-state index is 12.3. The van der Waals surface area contributed by atoms with Crippen molar-refractivity contribution in [3.63, 3.8) is 0 Å². The molecule has 0 saturated heterocycles. The normalized spacial score (nSPS) is 11.9. The summed E-state index contributed by atoms with van der Waals surface area (Å²) < 4.78 is 0. The molecule has 28 heavy (non-hydrogen) atoms. The molecule has 2 aromatic carbocycles. The topological polar surface area (TPSA) is 65.5 Å². The Hall–Kier alpha value is -1.80. The second kappa shape index (κ2) is 12.6. The lowest BCUT2D eigenvalue weighted by atomic mass is 10.1. The Labute approximate surface area is 189 Å². The maximum Gasteiger partial charge on any atom is 0.251 e. The highest BCUT2D eigenvalue weighted by atomic mass is 127. The fourth-order valence-corrected chi connectivity index (χ4v) is 2.55. The van der Waals surface area contributed by atoms with Crippen molar-refractivity contribution in [3.05, 3.63) is 70.2 Å². The summed E-state index contributed by atoms with van der Waals surface area (Å²) in [4.78, 5) is 16.5. The molecule has 0 aliphatic rings. The van der Waals surface area contributed by atoms with E-state index in [-0.39, 0.29) is 35.9 Å². The minimum atomic E-state index is -0.0450. The number of benzene rings is 2. The first-order valence-corrected chi connectivity index (χ1v) is 9.48. The highest BCUT2D eigenvalue weighted by Gasteiger charge is 2.09. The predicted octanol–water partition coefficient (Wildman–Crippen LogP) is 4.35. The Balaban J connectivity index is 0.00000392. The maximum atomic E-state index is 12.3. The minimum absolute atomic E-state index is 0.